The van der Waals surface area contributed by atoms with Crippen molar-refractivity contribution < 1.29 is 27.8 Å². The summed E-state index contributed by atoms with van der Waals surface area (Å²) in [6, 6.07) is 6.98. The highest BCUT2D eigenvalue weighted by atomic mass is 19.2. The molecule has 0 fully saturated rings. The Bertz CT molecular complexity index is 916. The molecular weight excluding hydrogens is 382 g/mol. The SMILES string of the molecule is C/C=C/c1ccc(OCC(=O)NC(C(=O)NC)c2ccc(F)c(F)c2)c(OC)c1. The van der Waals surface area contributed by atoms with Gasteiger partial charge in [0.15, 0.2) is 29.7 Å². The maximum absolute atomic E-state index is 13.5. The van der Waals surface area contributed by atoms with Crippen LogP contribution in [-0.2, 0) is 9.59 Å². The van der Waals surface area contributed by atoms with Crippen LogP contribution in [0.15, 0.2) is 42.5 Å². The van der Waals surface area contributed by atoms with Crippen molar-refractivity contribution in [2.45, 2.75) is 13.0 Å². The lowest BCUT2D eigenvalue weighted by Crippen LogP contribution is -2.41. The van der Waals surface area contributed by atoms with Gasteiger partial charge in [0.25, 0.3) is 5.91 Å². The van der Waals surface area contributed by atoms with Crippen LogP contribution in [0, 0.1) is 11.6 Å². The van der Waals surface area contributed by atoms with E-state index in [1.807, 2.05) is 19.1 Å². The topological polar surface area (TPSA) is 76.7 Å². The molecule has 2 rings (SSSR count). The van der Waals surface area contributed by atoms with Crippen LogP contribution < -0.4 is 20.1 Å². The fourth-order valence-corrected chi connectivity index (χ4v) is 2.58. The third kappa shape index (κ3) is 5.78. The molecule has 1 atom stereocenters. The highest BCUT2D eigenvalue weighted by molar-refractivity contribution is 5.89. The van der Waals surface area contributed by atoms with Crippen LogP contribution in [0.2, 0.25) is 0 Å². The second-order valence-electron chi connectivity index (χ2n) is 5.99. The molecule has 0 bridgehead atoms. The van der Waals surface area contributed by atoms with Gasteiger partial charge in [-0.05, 0) is 42.3 Å². The Balaban J connectivity index is 2.10. The summed E-state index contributed by atoms with van der Waals surface area (Å²) in [5, 5.41) is 4.83. The van der Waals surface area contributed by atoms with Gasteiger partial charge < -0.3 is 20.1 Å². The molecule has 29 heavy (non-hydrogen) atoms. The van der Waals surface area contributed by atoms with E-state index in [1.165, 1.54) is 20.2 Å². The van der Waals surface area contributed by atoms with Gasteiger partial charge in [-0.3, -0.25) is 9.59 Å². The Hall–Kier alpha value is -3.42. The van der Waals surface area contributed by atoms with Crippen molar-refractivity contribution >= 4 is 17.9 Å². The van der Waals surface area contributed by atoms with E-state index in [4.69, 9.17) is 9.47 Å². The molecule has 154 valence electrons. The van der Waals surface area contributed by atoms with Gasteiger partial charge in [0, 0.05) is 7.05 Å². The van der Waals surface area contributed by atoms with Crippen LogP contribution in [0.3, 0.4) is 0 Å². The van der Waals surface area contributed by atoms with E-state index in [0.717, 1.165) is 17.7 Å². The first-order chi connectivity index (χ1) is 13.9. The van der Waals surface area contributed by atoms with Crippen LogP contribution in [0.25, 0.3) is 6.08 Å². The molecule has 2 amide bonds. The van der Waals surface area contributed by atoms with Crippen molar-refractivity contribution in [3.05, 3.63) is 65.2 Å². The van der Waals surface area contributed by atoms with Crippen LogP contribution in [0.5, 0.6) is 11.5 Å². The minimum absolute atomic E-state index is 0.102. The van der Waals surface area contributed by atoms with Crippen molar-refractivity contribution in [2.24, 2.45) is 0 Å². The lowest BCUT2D eigenvalue weighted by Gasteiger charge is -2.18. The molecule has 0 radical (unpaired) electrons. The molecule has 0 aromatic heterocycles. The molecule has 6 nitrogen and oxygen atoms in total. The third-order valence-electron chi connectivity index (χ3n) is 4.00. The lowest BCUT2D eigenvalue weighted by atomic mass is 10.1. The Morgan fingerprint density at radius 2 is 1.86 bits per heavy atom. The smallest absolute Gasteiger partial charge is 0.258 e. The molecule has 0 saturated heterocycles. The van der Waals surface area contributed by atoms with E-state index in [2.05, 4.69) is 10.6 Å². The number of amides is 2. The van der Waals surface area contributed by atoms with Gasteiger partial charge in [0.05, 0.1) is 7.11 Å². The fourth-order valence-electron chi connectivity index (χ4n) is 2.58. The first-order valence-corrected chi connectivity index (χ1v) is 8.79. The summed E-state index contributed by atoms with van der Waals surface area (Å²) in [6.07, 6.45) is 3.76. The zero-order chi connectivity index (χ0) is 21.4. The van der Waals surface area contributed by atoms with Gasteiger partial charge in [0.1, 0.15) is 6.04 Å². The first kappa shape index (κ1) is 21.9. The Morgan fingerprint density at radius 1 is 1.10 bits per heavy atom. The average molecular weight is 404 g/mol. The molecule has 0 heterocycles. The van der Waals surface area contributed by atoms with E-state index in [1.54, 1.807) is 18.2 Å². The Kier molecular flexibility index (Phi) is 7.70. The summed E-state index contributed by atoms with van der Waals surface area (Å²) in [7, 11) is 2.85. The van der Waals surface area contributed by atoms with Crippen molar-refractivity contribution in [3.8, 4) is 11.5 Å². The maximum atomic E-state index is 13.5. The third-order valence-corrected chi connectivity index (χ3v) is 4.00. The van der Waals surface area contributed by atoms with Crippen LogP contribution >= 0.6 is 0 Å². The largest absolute Gasteiger partial charge is 0.493 e. The van der Waals surface area contributed by atoms with Gasteiger partial charge in [-0.2, -0.15) is 0 Å². The summed E-state index contributed by atoms with van der Waals surface area (Å²) < 4.78 is 37.4. The number of allylic oxidation sites excluding steroid dienone is 1. The van der Waals surface area contributed by atoms with E-state index in [-0.39, 0.29) is 5.56 Å². The Labute approximate surface area is 167 Å². The molecule has 2 N–H and O–H groups in total. The molecule has 0 aliphatic heterocycles. The van der Waals surface area contributed by atoms with Gasteiger partial charge in [-0.1, -0.05) is 24.3 Å². The minimum atomic E-state index is -1.20. The highest BCUT2D eigenvalue weighted by Gasteiger charge is 2.23. The van der Waals surface area contributed by atoms with Crippen LogP contribution in [-0.4, -0.2) is 32.6 Å². The number of hydrogen-bond donors (Lipinski definition) is 2. The Morgan fingerprint density at radius 3 is 2.48 bits per heavy atom. The number of ether oxygens (including phenoxy) is 2. The van der Waals surface area contributed by atoms with Crippen LogP contribution in [0.1, 0.15) is 24.1 Å². The molecule has 8 heteroatoms. The lowest BCUT2D eigenvalue weighted by molar-refractivity contribution is -0.130. The zero-order valence-corrected chi connectivity index (χ0v) is 16.3. The summed E-state index contributed by atoms with van der Waals surface area (Å²) in [4.78, 5) is 24.4. The molecule has 0 spiro atoms. The zero-order valence-electron chi connectivity index (χ0n) is 16.3. The number of carbonyl (C=O) groups is 2. The van der Waals surface area contributed by atoms with Crippen molar-refractivity contribution in [3.63, 3.8) is 0 Å². The second kappa shape index (κ2) is 10.2. The number of carbonyl (C=O) groups excluding carboxylic acids is 2. The monoisotopic (exact) mass is 404 g/mol. The highest BCUT2D eigenvalue weighted by Crippen LogP contribution is 2.28. The van der Waals surface area contributed by atoms with E-state index in [0.29, 0.717) is 11.5 Å². The summed E-state index contributed by atoms with van der Waals surface area (Å²) in [5.74, 6) is -2.59. The molecule has 0 aliphatic carbocycles. The molecule has 0 aliphatic rings. The maximum Gasteiger partial charge on any atom is 0.258 e. The normalized spacial score (nSPS) is 11.8. The standard InChI is InChI=1S/C21H22F2N2O4/c1-4-5-13-6-9-17(18(10-13)28-3)29-12-19(26)25-20(21(27)24-2)14-7-8-15(22)16(23)11-14/h4-11,20H,12H2,1-3H3,(H,24,27)(H,25,26)/b5-4+. The minimum Gasteiger partial charge on any atom is -0.493 e. The van der Waals surface area contributed by atoms with Gasteiger partial charge in [0.2, 0.25) is 5.91 Å². The number of likely N-dealkylation sites (N-methyl/N-ethyl adjacent to an activating group) is 1. The van der Waals surface area contributed by atoms with Gasteiger partial charge >= 0.3 is 0 Å². The number of benzene rings is 2. The number of nitrogens with one attached hydrogen (secondary N) is 2. The predicted octanol–water partition coefficient (Wildman–Crippen LogP) is 2.99. The van der Waals surface area contributed by atoms with Gasteiger partial charge in [-0.15, -0.1) is 0 Å². The predicted molar refractivity (Wildman–Crippen MR) is 105 cm³/mol. The molecule has 0 saturated carbocycles. The number of hydrogen-bond acceptors (Lipinski definition) is 4. The quantitative estimate of drug-likeness (QED) is 0.709. The summed E-state index contributed by atoms with van der Waals surface area (Å²) >= 11 is 0. The molecule has 2 aromatic carbocycles. The van der Waals surface area contributed by atoms with Crippen molar-refractivity contribution in [2.75, 3.05) is 20.8 Å². The van der Waals surface area contributed by atoms with E-state index >= 15 is 0 Å². The summed E-state index contributed by atoms with van der Waals surface area (Å²) in [5.41, 5.74) is 1.00. The number of rotatable bonds is 8. The summed E-state index contributed by atoms with van der Waals surface area (Å²) in [6.45, 7) is 1.48. The van der Waals surface area contributed by atoms with E-state index < -0.39 is 36.1 Å². The first-order valence-electron chi connectivity index (χ1n) is 8.79. The fraction of sp³-hybridized carbons (Fsp3) is 0.238. The van der Waals surface area contributed by atoms with Crippen molar-refractivity contribution in [1.29, 1.82) is 0 Å². The van der Waals surface area contributed by atoms with Gasteiger partial charge in [-0.25, -0.2) is 8.78 Å². The average Bonchev–Trinajstić information content (AvgIpc) is 2.72. The molecule has 1 unspecified atom stereocenters. The molecule has 2 aromatic rings. The molecular formula is C21H22F2N2O4. The number of halogens is 2. The van der Waals surface area contributed by atoms with Crippen molar-refractivity contribution in [1.82, 2.24) is 10.6 Å². The number of methoxy groups -OCH3 is 1. The van der Waals surface area contributed by atoms with E-state index in [9.17, 15) is 18.4 Å². The second-order valence-corrected chi connectivity index (χ2v) is 5.99. The van der Waals surface area contributed by atoms with Crippen LogP contribution in [0.4, 0.5) is 8.78 Å².